The molecule has 0 aromatic rings. The summed E-state index contributed by atoms with van der Waals surface area (Å²) in [6, 6.07) is 0. The normalized spacial score (nSPS) is 19.4. The van der Waals surface area contributed by atoms with Crippen LogP contribution < -0.4 is 11.1 Å². The van der Waals surface area contributed by atoms with Crippen LogP contribution in [0.1, 0.15) is 38.5 Å². The van der Waals surface area contributed by atoms with Gasteiger partial charge < -0.3 is 15.8 Å². The van der Waals surface area contributed by atoms with Gasteiger partial charge >= 0.3 is 0 Å². The van der Waals surface area contributed by atoms with Gasteiger partial charge in [-0.05, 0) is 12.8 Å². The zero-order chi connectivity index (χ0) is 12.7. The van der Waals surface area contributed by atoms with Crippen molar-refractivity contribution in [3.63, 3.8) is 0 Å². The van der Waals surface area contributed by atoms with E-state index >= 15 is 0 Å². The third-order valence-electron chi connectivity index (χ3n) is 3.46. The van der Waals surface area contributed by atoms with Gasteiger partial charge in [-0.1, -0.05) is 37.9 Å². The lowest BCUT2D eigenvalue weighted by molar-refractivity contribution is -0.128. The Balaban J connectivity index is 2.68. The zero-order valence-corrected chi connectivity index (χ0v) is 11.3. The molecule has 0 heterocycles. The Hall–Kier alpha value is -0.680. The van der Waals surface area contributed by atoms with Crippen LogP contribution in [0.3, 0.4) is 0 Å². The summed E-state index contributed by atoms with van der Waals surface area (Å²) < 4.78 is 4.92. The van der Waals surface area contributed by atoms with E-state index < -0.39 is 5.41 Å². The van der Waals surface area contributed by atoms with Gasteiger partial charge in [-0.15, -0.1) is 0 Å². The third-order valence-corrected chi connectivity index (χ3v) is 3.85. The minimum Gasteiger partial charge on any atom is -0.392 e. The van der Waals surface area contributed by atoms with Crippen LogP contribution in [0.2, 0.25) is 0 Å². The van der Waals surface area contributed by atoms with Gasteiger partial charge in [0.25, 0.3) is 0 Å². The fourth-order valence-electron chi connectivity index (χ4n) is 2.35. The van der Waals surface area contributed by atoms with E-state index in [-0.39, 0.29) is 5.91 Å². The summed E-state index contributed by atoms with van der Waals surface area (Å²) in [5.41, 5.74) is 5.19. The molecule has 0 saturated heterocycles. The summed E-state index contributed by atoms with van der Waals surface area (Å²) >= 11 is 5.13. The number of rotatable bonds is 5. The molecule has 1 saturated carbocycles. The van der Waals surface area contributed by atoms with E-state index in [2.05, 4.69) is 5.32 Å². The summed E-state index contributed by atoms with van der Waals surface area (Å²) in [4.78, 5) is 12.6. The predicted molar refractivity (Wildman–Crippen MR) is 71.8 cm³/mol. The predicted octanol–water partition coefficient (Wildman–Crippen LogP) is 1.38. The molecule has 1 amide bonds. The van der Waals surface area contributed by atoms with Gasteiger partial charge in [-0.25, -0.2) is 0 Å². The monoisotopic (exact) mass is 258 g/mol. The maximum atomic E-state index is 12.3. The first-order valence-electron chi connectivity index (χ1n) is 6.20. The van der Waals surface area contributed by atoms with Gasteiger partial charge in [0.1, 0.15) is 0 Å². The molecule has 5 heteroatoms. The van der Waals surface area contributed by atoms with Crippen LogP contribution in [-0.4, -0.2) is 31.2 Å². The quantitative estimate of drug-likeness (QED) is 0.444. The molecule has 0 aromatic carbocycles. The van der Waals surface area contributed by atoms with E-state index in [4.69, 9.17) is 22.7 Å². The largest absolute Gasteiger partial charge is 0.392 e. The molecule has 1 aliphatic rings. The number of carbonyl (C=O) groups excluding carboxylic acids is 1. The molecule has 1 rings (SSSR count). The van der Waals surface area contributed by atoms with Crippen LogP contribution in [0.25, 0.3) is 0 Å². The second kappa shape index (κ2) is 6.91. The number of ether oxygens (including phenoxy) is 1. The number of thiocarbonyl (C=S) groups is 1. The van der Waals surface area contributed by atoms with Crippen molar-refractivity contribution in [3.05, 3.63) is 0 Å². The van der Waals surface area contributed by atoms with Gasteiger partial charge in [0.05, 0.1) is 17.0 Å². The van der Waals surface area contributed by atoms with E-state index in [1.54, 1.807) is 7.11 Å². The number of carbonyl (C=O) groups is 1. The van der Waals surface area contributed by atoms with Crippen molar-refractivity contribution in [3.8, 4) is 0 Å². The lowest BCUT2D eigenvalue weighted by Crippen LogP contribution is -2.49. The maximum Gasteiger partial charge on any atom is 0.233 e. The molecular formula is C12H22N2O2S. The lowest BCUT2D eigenvalue weighted by Gasteiger charge is -2.30. The number of nitrogens with two attached hydrogens (primary N) is 1. The highest BCUT2D eigenvalue weighted by atomic mass is 32.1. The van der Waals surface area contributed by atoms with Crippen molar-refractivity contribution in [2.75, 3.05) is 20.3 Å². The number of hydrogen-bond donors (Lipinski definition) is 2. The van der Waals surface area contributed by atoms with Crippen molar-refractivity contribution in [2.45, 2.75) is 38.5 Å². The standard InChI is InChI=1S/C12H22N2O2S/c1-16-9-8-14-11(15)12(10(13)17)6-4-2-3-5-7-12/h2-9H2,1H3,(H2,13,17)(H,14,15). The number of hydrogen-bond acceptors (Lipinski definition) is 3. The van der Waals surface area contributed by atoms with Crippen LogP contribution >= 0.6 is 12.2 Å². The second-order valence-corrected chi connectivity index (χ2v) is 5.05. The summed E-state index contributed by atoms with van der Waals surface area (Å²) in [5.74, 6) is -0.0241. The average Bonchev–Trinajstić information content (AvgIpc) is 2.55. The molecule has 1 aliphatic carbocycles. The highest BCUT2D eigenvalue weighted by Crippen LogP contribution is 2.35. The molecule has 98 valence electrons. The van der Waals surface area contributed by atoms with E-state index in [1.807, 2.05) is 0 Å². The fourth-order valence-corrected chi connectivity index (χ4v) is 2.65. The zero-order valence-electron chi connectivity index (χ0n) is 10.5. The molecule has 0 atom stereocenters. The Labute approximate surface area is 108 Å². The molecule has 0 aliphatic heterocycles. The molecular weight excluding hydrogens is 236 g/mol. The molecule has 3 N–H and O–H groups in total. The molecule has 4 nitrogen and oxygen atoms in total. The van der Waals surface area contributed by atoms with E-state index in [9.17, 15) is 4.79 Å². The van der Waals surface area contributed by atoms with Crippen molar-refractivity contribution in [2.24, 2.45) is 11.1 Å². The lowest BCUT2D eigenvalue weighted by atomic mass is 9.79. The molecule has 0 spiro atoms. The molecule has 0 radical (unpaired) electrons. The molecule has 0 bridgehead atoms. The Morgan fingerprint density at radius 2 is 1.94 bits per heavy atom. The van der Waals surface area contributed by atoms with Gasteiger partial charge in [0.15, 0.2) is 0 Å². The molecule has 1 fully saturated rings. The SMILES string of the molecule is COCCNC(=O)C1(C(N)=S)CCCCCC1. The van der Waals surface area contributed by atoms with Gasteiger partial charge in [-0.2, -0.15) is 0 Å². The van der Waals surface area contributed by atoms with Crippen molar-refractivity contribution < 1.29 is 9.53 Å². The van der Waals surface area contributed by atoms with E-state index in [0.717, 1.165) is 38.5 Å². The highest BCUT2D eigenvalue weighted by Gasteiger charge is 2.41. The van der Waals surface area contributed by atoms with Crippen LogP contribution in [0.4, 0.5) is 0 Å². The van der Waals surface area contributed by atoms with Crippen LogP contribution in [0.5, 0.6) is 0 Å². The van der Waals surface area contributed by atoms with E-state index in [0.29, 0.717) is 18.1 Å². The minimum atomic E-state index is -0.625. The van der Waals surface area contributed by atoms with Crippen LogP contribution in [0.15, 0.2) is 0 Å². The van der Waals surface area contributed by atoms with Crippen LogP contribution in [0, 0.1) is 5.41 Å². The summed E-state index contributed by atoms with van der Waals surface area (Å²) in [7, 11) is 1.61. The van der Waals surface area contributed by atoms with Crippen LogP contribution in [-0.2, 0) is 9.53 Å². The fraction of sp³-hybridized carbons (Fsp3) is 0.833. The molecule has 0 unspecified atom stereocenters. The topological polar surface area (TPSA) is 64.3 Å². The van der Waals surface area contributed by atoms with E-state index in [1.165, 1.54) is 0 Å². The van der Waals surface area contributed by atoms with Gasteiger partial charge in [0, 0.05) is 13.7 Å². The summed E-state index contributed by atoms with van der Waals surface area (Å²) in [6.45, 7) is 1.03. The number of nitrogens with one attached hydrogen (secondary N) is 1. The molecule has 0 aromatic heterocycles. The summed E-state index contributed by atoms with van der Waals surface area (Å²) in [6.07, 6.45) is 5.93. The Kier molecular flexibility index (Phi) is 5.85. The highest BCUT2D eigenvalue weighted by molar-refractivity contribution is 7.80. The third kappa shape index (κ3) is 3.64. The van der Waals surface area contributed by atoms with Crippen molar-refractivity contribution >= 4 is 23.1 Å². The molecule has 17 heavy (non-hydrogen) atoms. The minimum absolute atomic E-state index is 0.0241. The first kappa shape index (κ1) is 14.4. The Bertz CT molecular complexity index is 274. The maximum absolute atomic E-state index is 12.3. The summed E-state index contributed by atoms with van der Waals surface area (Å²) in [5, 5.41) is 2.87. The number of amides is 1. The Morgan fingerprint density at radius 3 is 2.41 bits per heavy atom. The second-order valence-electron chi connectivity index (χ2n) is 4.61. The van der Waals surface area contributed by atoms with Crippen molar-refractivity contribution in [1.29, 1.82) is 0 Å². The first-order chi connectivity index (χ1) is 8.13. The Morgan fingerprint density at radius 1 is 1.35 bits per heavy atom. The smallest absolute Gasteiger partial charge is 0.233 e. The van der Waals surface area contributed by atoms with Gasteiger partial charge in [0.2, 0.25) is 5.91 Å². The average molecular weight is 258 g/mol. The van der Waals surface area contributed by atoms with Crippen molar-refractivity contribution in [1.82, 2.24) is 5.32 Å². The first-order valence-corrected chi connectivity index (χ1v) is 6.61. The van der Waals surface area contributed by atoms with Gasteiger partial charge in [-0.3, -0.25) is 4.79 Å². The number of methoxy groups -OCH3 is 1.